The molecule has 558 valence electrons. The van der Waals surface area contributed by atoms with Crippen molar-refractivity contribution in [1.82, 2.24) is 0 Å². The van der Waals surface area contributed by atoms with Gasteiger partial charge in [-0.2, -0.15) is 0 Å². The van der Waals surface area contributed by atoms with Crippen molar-refractivity contribution >= 4 is 5.97 Å². The monoisotopic (exact) mass is 1400 g/mol. The van der Waals surface area contributed by atoms with Crippen molar-refractivity contribution in [3.8, 4) is 0 Å². The Morgan fingerprint density at radius 1 is 0.454 bits per heavy atom. The third-order valence-corrected chi connectivity index (χ3v) is 25.5. The van der Waals surface area contributed by atoms with Gasteiger partial charge in [-0.25, -0.2) is 0 Å². The van der Waals surface area contributed by atoms with E-state index in [2.05, 4.69) is 54.5 Å². The number of hydrogen-bond donors (Lipinski definition) is 18. The first-order chi connectivity index (χ1) is 45.4. The van der Waals surface area contributed by atoms with Crippen molar-refractivity contribution in [3.63, 3.8) is 0 Å². The zero-order chi connectivity index (χ0) is 70.9. The molecule has 38 unspecified atom stereocenters. The summed E-state index contributed by atoms with van der Waals surface area (Å²) in [6.45, 7) is 15.7. The van der Waals surface area contributed by atoms with Crippen LogP contribution in [-0.2, 0) is 61.6 Å². The van der Waals surface area contributed by atoms with Gasteiger partial charge in [-0.3, -0.25) is 4.79 Å². The third-order valence-electron chi connectivity index (χ3n) is 25.5. The van der Waals surface area contributed by atoms with Crippen LogP contribution < -0.4 is 0 Å². The quantitative estimate of drug-likeness (QED) is 0.0395. The number of aliphatic hydroxyl groups is 18. The van der Waals surface area contributed by atoms with E-state index in [0.29, 0.717) is 25.7 Å². The van der Waals surface area contributed by atoms with E-state index in [9.17, 15) is 96.7 Å². The van der Waals surface area contributed by atoms with Crippen LogP contribution in [0.4, 0.5) is 0 Å². The molecule has 10 fully saturated rings. The number of esters is 1. The summed E-state index contributed by atoms with van der Waals surface area (Å²) in [6, 6.07) is 0. The van der Waals surface area contributed by atoms with E-state index in [1.165, 1.54) is 19.4 Å². The molecule has 0 spiro atoms. The molecule has 5 aliphatic carbocycles. The standard InChI is InChI=1S/C66H108O31/c1-25-36(70)53(96-56-45(79)40(74)37(71)29(21-67)89-56)50(84)59(87-25)94-51-26(2)88-54(48(82)43(51)77)86-24-32-39(73)42(76)46(80)57(92-32)95-52-31(23-69)91-55(49(83)44(52)78)93-35-13-14-63(7)33(62(35,5)6)12-15-65(9)34(63)11-10-27-28-20-61(3,4)16-18-66(28,19-17-64(27,65)8)60(85)97-58-47(81)41(75)38(72)30(22-68)90-58/h10,25-26,28-59,67-84H,11-24H2,1-9H3. The number of fused-ring (bicyclic) bond motifs is 7. The first-order valence-corrected chi connectivity index (χ1v) is 34.6. The molecule has 18 N–H and O–H groups in total. The second-order valence-electron chi connectivity index (χ2n) is 31.9. The lowest BCUT2D eigenvalue weighted by Gasteiger charge is -2.71. The maximum Gasteiger partial charge on any atom is 0.315 e. The largest absolute Gasteiger partial charge is 0.432 e. The minimum atomic E-state index is -1.99. The molecule has 0 radical (unpaired) electrons. The van der Waals surface area contributed by atoms with Crippen molar-refractivity contribution in [2.45, 2.75) is 317 Å². The molecule has 6 aliphatic heterocycles. The second kappa shape index (κ2) is 28.5. The first kappa shape index (κ1) is 76.2. The van der Waals surface area contributed by atoms with Crippen molar-refractivity contribution in [2.24, 2.45) is 50.2 Å². The van der Waals surface area contributed by atoms with Gasteiger partial charge in [-0.15, -0.1) is 0 Å². The van der Waals surface area contributed by atoms with Crippen LogP contribution in [0.1, 0.15) is 127 Å². The Morgan fingerprint density at radius 3 is 1.56 bits per heavy atom. The molecule has 6 heterocycles. The van der Waals surface area contributed by atoms with Crippen LogP contribution in [-0.4, -0.2) is 315 Å². The van der Waals surface area contributed by atoms with Gasteiger partial charge in [0.05, 0.1) is 50.2 Å². The Labute approximate surface area is 563 Å². The van der Waals surface area contributed by atoms with Crippen LogP contribution in [0, 0.1) is 50.2 Å². The number of carbonyl (C=O) groups is 1. The Balaban J connectivity index is 0.707. The highest BCUT2D eigenvalue weighted by molar-refractivity contribution is 5.79. The molecular weight excluding hydrogens is 1290 g/mol. The molecule has 31 nitrogen and oxygen atoms in total. The molecule has 0 aromatic heterocycles. The number of carbonyl (C=O) groups excluding carboxylic acids is 1. The van der Waals surface area contributed by atoms with Gasteiger partial charge >= 0.3 is 5.97 Å². The molecule has 0 amide bonds. The van der Waals surface area contributed by atoms with Gasteiger partial charge in [0.1, 0.15) is 134 Å². The summed E-state index contributed by atoms with van der Waals surface area (Å²) in [7, 11) is 0. The van der Waals surface area contributed by atoms with Crippen LogP contribution in [0.5, 0.6) is 0 Å². The molecule has 4 saturated carbocycles. The molecule has 31 heteroatoms. The van der Waals surface area contributed by atoms with E-state index in [1.807, 2.05) is 0 Å². The van der Waals surface area contributed by atoms with E-state index in [1.54, 1.807) is 0 Å². The summed E-state index contributed by atoms with van der Waals surface area (Å²) in [4.78, 5) is 14.8. The fraction of sp³-hybridized carbons (Fsp3) is 0.955. The van der Waals surface area contributed by atoms with Gasteiger partial charge in [-0.1, -0.05) is 60.1 Å². The maximum atomic E-state index is 14.8. The topological polar surface area (TPSA) is 492 Å². The van der Waals surface area contributed by atoms with Crippen molar-refractivity contribution in [3.05, 3.63) is 11.6 Å². The minimum Gasteiger partial charge on any atom is -0.432 e. The highest BCUT2D eigenvalue weighted by Gasteiger charge is 2.71. The van der Waals surface area contributed by atoms with E-state index >= 15 is 0 Å². The number of allylic oxidation sites excluding steroid dienone is 2. The number of ether oxygens (including phenoxy) is 12. The molecule has 0 aromatic rings. The van der Waals surface area contributed by atoms with E-state index in [-0.39, 0.29) is 39.4 Å². The predicted octanol–water partition coefficient (Wildman–Crippen LogP) is -4.33. The molecule has 6 saturated heterocycles. The zero-order valence-electron chi connectivity index (χ0n) is 56.5. The maximum absolute atomic E-state index is 14.8. The Hall–Kier alpha value is -1.95. The first-order valence-electron chi connectivity index (χ1n) is 34.6. The third kappa shape index (κ3) is 13.2. The molecule has 38 atom stereocenters. The average molecular weight is 1400 g/mol. The Kier molecular flexibility index (Phi) is 22.4. The number of hydrogen-bond acceptors (Lipinski definition) is 31. The van der Waals surface area contributed by atoms with Crippen LogP contribution in [0.25, 0.3) is 0 Å². The zero-order valence-corrected chi connectivity index (χ0v) is 56.5. The Bertz CT molecular complexity index is 2730. The van der Waals surface area contributed by atoms with E-state index in [4.69, 9.17) is 56.8 Å². The van der Waals surface area contributed by atoms with E-state index < -0.39 is 234 Å². The van der Waals surface area contributed by atoms with Crippen LogP contribution in [0.2, 0.25) is 0 Å². The highest BCUT2D eigenvalue weighted by atomic mass is 16.8. The fourth-order valence-corrected chi connectivity index (χ4v) is 19.3. The summed E-state index contributed by atoms with van der Waals surface area (Å²) in [5.74, 6) is -0.419. The SMILES string of the molecule is CC1OC(OC2C(C)OC(OCC3OC(OC4C(CO)OC(OC5CCC6(C)C(CCC7(C)C6CC=C6C8CC(C)(C)CCC8(C(=O)OC8OC(CO)C(O)C(O)C8O)CCC67C)C5(C)C)C(O)C4O)C(O)C(O)C3O)C(O)C2O)C(O)C(OC2OC(CO)C(O)C(O)C2O)C1O. The highest BCUT2D eigenvalue weighted by Crippen LogP contribution is 2.76. The lowest BCUT2D eigenvalue weighted by Crippen LogP contribution is -2.67. The average Bonchev–Trinajstić information content (AvgIpc) is 0.675. The molecule has 0 bridgehead atoms. The summed E-state index contributed by atoms with van der Waals surface area (Å²) < 4.78 is 70.9. The van der Waals surface area contributed by atoms with Crippen molar-refractivity contribution in [2.75, 3.05) is 26.4 Å². The fourth-order valence-electron chi connectivity index (χ4n) is 19.3. The smallest absolute Gasteiger partial charge is 0.315 e. The van der Waals surface area contributed by atoms with Crippen LogP contribution in [0.15, 0.2) is 11.6 Å². The van der Waals surface area contributed by atoms with Crippen LogP contribution >= 0.6 is 0 Å². The van der Waals surface area contributed by atoms with Gasteiger partial charge in [-0.05, 0) is 123 Å². The second-order valence-corrected chi connectivity index (χ2v) is 31.9. The van der Waals surface area contributed by atoms with Gasteiger partial charge in [0.2, 0.25) is 6.29 Å². The number of rotatable bonds is 16. The molecule has 0 aromatic carbocycles. The summed E-state index contributed by atoms with van der Waals surface area (Å²) in [6.07, 6.45) is -41.2. The van der Waals surface area contributed by atoms with E-state index in [0.717, 1.165) is 38.5 Å². The van der Waals surface area contributed by atoms with Crippen molar-refractivity contribution < 1.29 is 154 Å². The minimum absolute atomic E-state index is 0.0956. The Morgan fingerprint density at radius 2 is 0.938 bits per heavy atom. The predicted molar refractivity (Wildman–Crippen MR) is 325 cm³/mol. The molecular formula is C66H108O31. The van der Waals surface area contributed by atoms with Gasteiger partial charge in [0.25, 0.3) is 0 Å². The van der Waals surface area contributed by atoms with Crippen LogP contribution in [0.3, 0.4) is 0 Å². The molecule has 11 aliphatic rings. The van der Waals surface area contributed by atoms with Gasteiger partial charge < -0.3 is 149 Å². The lowest BCUT2D eigenvalue weighted by molar-refractivity contribution is -0.380. The normalized spacial score (nSPS) is 54.5. The lowest BCUT2D eigenvalue weighted by atomic mass is 9.33. The molecule has 97 heavy (non-hydrogen) atoms. The summed E-state index contributed by atoms with van der Waals surface area (Å²) in [5, 5.41) is 195. The van der Waals surface area contributed by atoms with Gasteiger partial charge in [0.15, 0.2) is 31.5 Å². The van der Waals surface area contributed by atoms with Crippen molar-refractivity contribution in [1.29, 1.82) is 0 Å². The van der Waals surface area contributed by atoms with Gasteiger partial charge in [0, 0.05) is 0 Å². The summed E-state index contributed by atoms with van der Waals surface area (Å²) in [5.41, 5.74) is -1.11. The molecule has 11 rings (SSSR count). The summed E-state index contributed by atoms with van der Waals surface area (Å²) >= 11 is 0. The number of aliphatic hydroxyl groups excluding tert-OH is 18.